The Balaban J connectivity index is 2.25. The van der Waals surface area contributed by atoms with Gasteiger partial charge in [0.25, 0.3) is 5.91 Å². The highest BCUT2D eigenvalue weighted by Gasteiger charge is 2.33. The number of carboxylic acid groups (broad SMARTS) is 1. The first-order valence-electron chi connectivity index (χ1n) is 5.07. The summed E-state index contributed by atoms with van der Waals surface area (Å²) >= 11 is 9.30. The summed E-state index contributed by atoms with van der Waals surface area (Å²) in [6.45, 7) is -0.423. The molecule has 0 aliphatic carbocycles. The van der Waals surface area contributed by atoms with Crippen molar-refractivity contribution in [2.45, 2.75) is 0 Å². The van der Waals surface area contributed by atoms with Crippen LogP contribution in [0, 0.1) is 0 Å². The second-order valence-electron chi connectivity index (χ2n) is 3.55. The Morgan fingerprint density at radius 2 is 2.32 bits per heavy atom. The normalized spacial score (nSPS) is 17.3. The summed E-state index contributed by atoms with van der Waals surface area (Å²) in [5, 5.41) is 8.72. The number of aliphatic carboxylic acids is 1. The molecule has 19 heavy (non-hydrogen) atoms. The first kappa shape index (κ1) is 14.2. The number of aromatic nitrogens is 1. The molecule has 0 saturated carbocycles. The minimum atomic E-state index is -1.10. The molecule has 1 saturated heterocycles. The number of thioether (sulfide) groups is 1. The minimum absolute atomic E-state index is 0.244. The van der Waals surface area contributed by atoms with Crippen LogP contribution in [0.2, 0.25) is 0 Å². The van der Waals surface area contributed by atoms with Crippen molar-refractivity contribution >= 4 is 62.2 Å². The summed E-state index contributed by atoms with van der Waals surface area (Å²) in [6, 6.07) is 5.31. The molecule has 1 fully saturated rings. The van der Waals surface area contributed by atoms with Gasteiger partial charge in [0.15, 0.2) is 0 Å². The van der Waals surface area contributed by atoms with E-state index >= 15 is 0 Å². The molecule has 0 spiro atoms. The van der Waals surface area contributed by atoms with Gasteiger partial charge in [-0.3, -0.25) is 14.5 Å². The molecule has 1 N–H and O–H groups in total. The predicted molar refractivity (Wildman–Crippen MR) is 79.5 cm³/mol. The highest BCUT2D eigenvalue weighted by molar-refractivity contribution is 9.10. The number of carbonyl (C=O) groups is 2. The van der Waals surface area contributed by atoms with Crippen LogP contribution in [0.15, 0.2) is 27.7 Å². The molecule has 2 heterocycles. The fraction of sp³-hybridized carbons (Fsp3) is 0.0909. The van der Waals surface area contributed by atoms with Crippen LogP contribution in [0.4, 0.5) is 0 Å². The second kappa shape index (κ2) is 5.81. The van der Waals surface area contributed by atoms with Crippen molar-refractivity contribution in [1.82, 2.24) is 9.88 Å². The summed E-state index contributed by atoms with van der Waals surface area (Å²) < 4.78 is 0.899. The Hall–Kier alpha value is -1.25. The van der Waals surface area contributed by atoms with E-state index in [2.05, 4.69) is 20.9 Å². The summed E-state index contributed by atoms with van der Waals surface area (Å²) in [5.41, 5.74) is 0.602. The Morgan fingerprint density at radius 3 is 2.95 bits per heavy atom. The number of amides is 1. The van der Waals surface area contributed by atoms with E-state index in [0.29, 0.717) is 15.2 Å². The molecule has 1 aliphatic rings. The molecular weight excluding hydrogens is 352 g/mol. The van der Waals surface area contributed by atoms with Crippen molar-refractivity contribution < 1.29 is 14.7 Å². The van der Waals surface area contributed by atoms with Gasteiger partial charge in [-0.05, 0) is 34.1 Å². The van der Waals surface area contributed by atoms with E-state index in [0.717, 1.165) is 16.7 Å². The molecule has 0 bridgehead atoms. The van der Waals surface area contributed by atoms with Gasteiger partial charge in [-0.15, -0.1) is 0 Å². The second-order valence-corrected chi connectivity index (χ2v) is 6.04. The topological polar surface area (TPSA) is 70.5 Å². The maximum atomic E-state index is 12.0. The highest BCUT2D eigenvalue weighted by atomic mass is 79.9. The fourth-order valence-corrected chi connectivity index (χ4v) is 3.01. The number of carboxylic acids is 1. The smallest absolute Gasteiger partial charge is 0.323 e. The van der Waals surface area contributed by atoms with Crippen molar-refractivity contribution in [3.63, 3.8) is 0 Å². The molecule has 98 valence electrons. The lowest BCUT2D eigenvalue weighted by Crippen LogP contribution is -2.33. The average Bonchev–Trinajstić information content (AvgIpc) is 2.57. The van der Waals surface area contributed by atoms with Crippen LogP contribution >= 0.6 is 39.9 Å². The monoisotopic (exact) mass is 358 g/mol. The molecule has 5 nitrogen and oxygen atoms in total. The number of halogens is 1. The standard InChI is InChI=1S/C11H7BrN2O3S2/c12-8-3-1-2-6(13-8)4-7-10(17)14(5-9(15)16)11(18)19-7/h1-4H,5H2,(H,15,16). The number of carbonyl (C=O) groups excluding carboxylic acids is 1. The van der Waals surface area contributed by atoms with Gasteiger partial charge in [-0.2, -0.15) is 0 Å². The van der Waals surface area contributed by atoms with Gasteiger partial charge >= 0.3 is 5.97 Å². The van der Waals surface area contributed by atoms with Crippen LogP contribution < -0.4 is 0 Å². The zero-order valence-electron chi connectivity index (χ0n) is 9.37. The molecule has 0 aromatic carbocycles. The van der Waals surface area contributed by atoms with Gasteiger partial charge in [0.05, 0.1) is 10.6 Å². The Bertz CT molecular complexity index is 603. The van der Waals surface area contributed by atoms with E-state index in [1.165, 1.54) is 0 Å². The highest BCUT2D eigenvalue weighted by Crippen LogP contribution is 2.32. The quantitative estimate of drug-likeness (QED) is 0.507. The third-order valence-electron chi connectivity index (χ3n) is 2.18. The largest absolute Gasteiger partial charge is 0.480 e. The number of thiocarbonyl (C=S) groups is 1. The molecule has 1 amide bonds. The summed E-state index contributed by atoms with van der Waals surface area (Å²) in [7, 11) is 0. The van der Waals surface area contributed by atoms with Gasteiger partial charge in [0.1, 0.15) is 15.5 Å². The number of hydrogen-bond acceptors (Lipinski definition) is 5. The molecule has 1 aromatic rings. The van der Waals surface area contributed by atoms with E-state index in [4.69, 9.17) is 17.3 Å². The van der Waals surface area contributed by atoms with Crippen molar-refractivity contribution in [3.8, 4) is 0 Å². The van der Waals surface area contributed by atoms with Crippen LogP contribution in [-0.2, 0) is 9.59 Å². The fourth-order valence-electron chi connectivity index (χ4n) is 1.41. The number of hydrogen-bond donors (Lipinski definition) is 1. The molecular formula is C11H7BrN2O3S2. The van der Waals surface area contributed by atoms with E-state index in [1.807, 2.05) is 0 Å². The maximum absolute atomic E-state index is 12.0. The van der Waals surface area contributed by atoms with Gasteiger partial charge in [0, 0.05) is 0 Å². The summed E-state index contributed by atoms with van der Waals surface area (Å²) in [4.78, 5) is 28.3. The van der Waals surface area contributed by atoms with Crippen LogP contribution in [0.25, 0.3) is 6.08 Å². The third-order valence-corrected chi connectivity index (χ3v) is 4.00. The number of nitrogens with zero attached hydrogens (tertiary/aromatic N) is 2. The lowest BCUT2D eigenvalue weighted by atomic mass is 10.3. The Kier molecular flexibility index (Phi) is 4.33. The number of rotatable bonds is 3. The van der Waals surface area contributed by atoms with E-state index in [1.54, 1.807) is 24.3 Å². The van der Waals surface area contributed by atoms with Crippen molar-refractivity contribution in [3.05, 3.63) is 33.4 Å². The molecule has 8 heteroatoms. The average molecular weight is 359 g/mol. The molecule has 2 rings (SSSR count). The summed E-state index contributed by atoms with van der Waals surface area (Å²) in [6.07, 6.45) is 1.59. The maximum Gasteiger partial charge on any atom is 0.323 e. The van der Waals surface area contributed by atoms with Crippen LogP contribution in [0.1, 0.15) is 5.69 Å². The van der Waals surface area contributed by atoms with Crippen LogP contribution in [0.5, 0.6) is 0 Å². The van der Waals surface area contributed by atoms with Gasteiger partial charge in [-0.1, -0.05) is 30.0 Å². The van der Waals surface area contributed by atoms with Crippen LogP contribution in [-0.4, -0.2) is 37.7 Å². The van der Waals surface area contributed by atoms with Crippen molar-refractivity contribution in [1.29, 1.82) is 0 Å². The molecule has 1 aromatic heterocycles. The predicted octanol–water partition coefficient (Wildman–Crippen LogP) is 2.13. The van der Waals surface area contributed by atoms with E-state index in [-0.39, 0.29) is 4.32 Å². The zero-order chi connectivity index (χ0) is 14.0. The molecule has 0 radical (unpaired) electrons. The molecule has 0 unspecified atom stereocenters. The first-order chi connectivity index (χ1) is 8.97. The number of pyridine rings is 1. The van der Waals surface area contributed by atoms with Gasteiger partial charge < -0.3 is 5.11 Å². The Labute approximate surface area is 126 Å². The molecule has 0 atom stereocenters. The lowest BCUT2D eigenvalue weighted by molar-refractivity contribution is -0.140. The third kappa shape index (κ3) is 3.40. The lowest BCUT2D eigenvalue weighted by Gasteiger charge is -2.10. The van der Waals surface area contributed by atoms with Crippen molar-refractivity contribution in [2.75, 3.05) is 6.54 Å². The summed E-state index contributed by atoms with van der Waals surface area (Å²) in [5.74, 6) is -1.50. The van der Waals surface area contributed by atoms with E-state index in [9.17, 15) is 9.59 Å². The van der Waals surface area contributed by atoms with Gasteiger partial charge in [0.2, 0.25) is 0 Å². The SMILES string of the molecule is O=C(O)CN1C(=O)C(=Cc2cccc(Br)n2)SC1=S. The zero-order valence-corrected chi connectivity index (χ0v) is 12.6. The molecule has 1 aliphatic heterocycles. The van der Waals surface area contributed by atoms with Crippen LogP contribution in [0.3, 0.4) is 0 Å². The van der Waals surface area contributed by atoms with Crippen molar-refractivity contribution in [2.24, 2.45) is 0 Å². The van der Waals surface area contributed by atoms with E-state index < -0.39 is 18.4 Å². The minimum Gasteiger partial charge on any atom is -0.480 e. The van der Waals surface area contributed by atoms with Gasteiger partial charge in [-0.25, -0.2) is 4.98 Å². The first-order valence-corrected chi connectivity index (χ1v) is 7.09. The Morgan fingerprint density at radius 1 is 1.58 bits per heavy atom.